The zero-order chi connectivity index (χ0) is 21.9. The van der Waals surface area contributed by atoms with Crippen LogP contribution >= 0.6 is 0 Å². The molecular formula is C21H21N3O5S. The average molecular weight is 427 g/mol. The Morgan fingerprint density at radius 3 is 2.33 bits per heavy atom. The standard InChI is InChI=1S/C21H21N3O5S/c1-14-20(15(2)24(23-14)16-9-5-4-6-10-16)22-19(25)13-29-21(26)17-11-7-8-12-18(17)30(3,27)28/h4-12H,13H2,1-3H3,(H,22,25). The van der Waals surface area contributed by atoms with Crippen LogP contribution in [0, 0.1) is 13.8 Å². The van der Waals surface area contributed by atoms with Crippen LogP contribution in [-0.4, -0.2) is 42.9 Å². The molecule has 0 spiro atoms. The number of carbonyl (C=O) groups excluding carboxylic acids is 2. The quantitative estimate of drug-likeness (QED) is 0.606. The van der Waals surface area contributed by atoms with Gasteiger partial charge in [0, 0.05) is 6.26 Å². The van der Waals surface area contributed by atoms with Crippen LogP contribution < -0.4 is 5.32 Å². The van der Waals surface area contributed by atoms with E-state index in [0.717, 1.165) is 17.6 Å². The lowest BCUT2D eigenvalue weighted by Crippen LogP contribution is -2.22. The molecule has 8 nitrogen and oxygen atoms in total. The van der Waals surface area contributed by atoms with E-state index in [4.69, 9.17) is 4.74 Å². The Kier molecular flexibility index (Phi) is 6.02. The van der Waals surface area contributed by atoms with Gasteiger partial charge in [0.1, 0.15) is 0 Å². The van der Waals surface area contributed by atoms with Crippen LogP contribution in [0.3, 0.4) is 0 Å². The fourth-order valence-electron chi connectivity index (χ4n) is 2.99. The third-order valence-corrected chi connectivity index (χ3v) is 5.55. The van der Waals surface area contributed by atoms with E-state index in [-0.39, 0.29) is 10.5 Å². The van der Waals surface area contributed by atoms with Gasteiger partial charge >= 0.3 is 5.97 Å². The van der Waals surface area contributed by atoms with Gasteiger partial charge in [-0.1, -0.05) is 30.3 Å². The van der Waals surface area contributed by atoms with Crippen LogP contribution in [0.15, 0.2) is 59.5 Å². The van der Waals surface area contributed by atoms with Crippen molar-refractivity contribution in [2.45, 2.75) is 18.7 Å². The Morgan fingerprint density at radius 1 is 1.03 bits per heavy atom. The molecule has 0 unspecified atom stereocenters. The van der Waals surface area contributed by atoms with Gasteiger partial charge in [0.05, 0.1) is 33.2 Å². The molecule has 0 bridgehead atoms. The smallest absolute Gasteiger partial charge is 0.339 e. The molecule has 0 aliphatic rings. The van der Waals surface area contributed by atoms with Gasteiger partial charge in [0.2, 0.25) is 0 Å². The first-order valence-electron chi connectivity index (χ1n) is 9.06. The summed E-state index contributed by atoms with van der Waals surface area (Å²) in [5.74, 6) is -1.45. The Morgan fingerprint density at radius 2 is 1.67 bits per heavy atom. The third-order valence-electron chi connectivity index (χ3n) is 4.40. The number of carbonyl (C=O) groups is 2. The van der Waals surface area contributed by atoms with E-state index in [1.807, 2.05) is 37.3 Å². The predicted octanol–water partition coefficient (Wildman–Crippen LogP) is 2.69. The van der Waals surface area contributed by atoms with Crippen molar-refractivity contribution in [1.82, 2.24) is 9.78 Å². The number of nitrogens with zero attached hydrogens (tertiary/aromatic N) is 2. The highest BCUT2D eigenvalue weighted by molar-refractivity contribution is 7.90. The zero-order valence-electron chi connectivity index (χ0n) is 16.7. The Hall–Kier alpha value is -3.46. The minimum absolute atomic E-state index is 0.114. The van der Waals surface area contributed by atoms with Crippen molar-refractivity contribution in [3.63, 3.8) is 0 Å². The van der Waals surface area contributed by atoms with Crippen molar-refractivity contribution in [2.75, 3.05) is 18.2 Å². The first-order chi connectivity index (χ1) is 14.2. The molecule has 1 amide bonds. The molecule has 0 aliphatic heterocycles. The Labute approximate surface area is 174 Å². The number of sulfone groups is 1. The van der Waals surface area contributed by atoms with Crippen LogP contribution in [0.4, 0.5) is 5.69 Å². The van der Waals surface area contributed by atoms with Gasteiger partial charge in [-0.2, -0.15) is 5.10 Å². The lowest BCUT2D eigenvalue weighted by molar-refractivity contribution is -0.119. The largest absolute Gasteiger partial charge is 0.452 e. The number of ether oxygens (including phenoxy) is 1. The van der Waals surface area contributed by atoms with Crippen molar-refractivity contribution in [3.05, 3.63) is 71.5 Å². The summed E-state index contributed by atoms with van der Waals surface area (Å²) in [5.41, 5.74) is 2.59. The monoisotopic (exact) mass is 427 g/mol. The number of amides is 1. The summed E-state index contributed by atoms with van der Waals surface area (Å²) in [6.45, 7) is 3.01. The summed E-state index contributed by atoms with van der Waals surface area (Å²) < 4.78 is 30.4. The van der Waals surface area contributed by atoms with Crippen LogP contribution in [0.1, 0.15) is 21.7 Å². The first kappa shape index (κ1) is 21.3. The number of hydrogen-bond acceptors (Lipinski definition) is 6. The van der Waals surface area contributed by atoms with Gasteiger partial charge < -0.3 is 10.1 Å². The molecule has 0 aliphatic carbocycles. The highest BCUT2D eigenvalue weighted by Gasteiger charge is 2.21. The number of nitrogens with one attached hydrogen (secondary N) is 1. The molecule has 1 aromatic heterocycles. The third kappa shape index (κ3) is 4.57. The second-order valence-corrected chi connectivity index (χ2v) is 8.67. The number of benzene rings is 2. The number of para-hydroxylation sites is 1. The zero-order valence-corrected chi connectivity index (χ0v) is 17.6. The predicted molar refractivity (Wildman–Crippen MR) is 112 cm³/mol. The van der Waals surface area contributed by atoms with Crippen LogP contribution in [0.25, 0.3) is 5.69 Å². The molecule has 9 heteroatoms. The molecule has 30 heavy (non-hydrogen) atoms. The molecule has 0 saturated carbocycles. The van der Waals surface area contributed by atoms with Crippen molar-refractivity contribution >= 4 is 27.4 Å². The topological polar surface area (TPSA) is 107 Å². The van der Waals surface area contributed by atoms with Crippen LogP contribution in [0.5, 0.6) is 0 Å². The number of esters is 1. The van der Waals surface area contributed by atoms with Crippen molar-refractivity contribution in [3.8, 4) is 5.69 Å². The molecule has 1 N–H and O–H groups in total. The van der Waals surface area contributed by atoms with Crippen LogP contribution in [-0.2, 0) is 19.4 Å². The fraction of sp³-hybridized carbons (Fsp3) is 0.190. The van der Waals surface area contributed by atoms with E-state index in [1.54, 1.807) is 11.6 Å². The second-order valence-electron chi connectivity index (χ2n) is 6.69. The van der Waals surface area contributed by atoms with E-state index in [9.17, 15) is 18.0 Å². The number of rotatable bonds is 6. The van der Waals surface area contributed by atoms with Gasteiger partial charge in [0.25, 0.3) is 5.91 Å². The summed E-state index contributed by atoms with van der Waals surface area (Å²) in [4.78, 5) is 24.5. The molecular weight excluding hydrogens is 406 g/mol. The van der Waals surface area contributed by atoms with E-state index in [0.29, 0.717) is 11.4 Å². The molecule has 3 aromatic rings. The molecule has 2 aromatic carbocycles. The molecule has 3 rings (SSSR count). The number of hydrogen-bond donors (Lipinski definition) is 1. The molecule has 156 valence electrons. The summed E-state index contributed by atoms with van der Waals surface area (Å²) in [7, 11) is -3.61. The number of anilines is 1. The van der Waals surface area contributed by atoms with Gasteiger partial charge in [-0.05, 0) is 38.1 Å². The second kappa shape index (κ2) is 8.50. The SMILES string of the molecule is Cc1nn(-c2ccccc2)c(C)c1NC(=O)COC(=O)c1ccccc1S(C)(=O)=O. The molecule has 0 fully saturated rings. The van der Waals surface area contributed by atoms with Crippen molar-refractivity contribution < 1.29 is 22.7 Å². The van der Waals surface area contributed by atoms with E-state index < -0.39 is 28.3 Å². The van der Waals surface area contributed by atoms with E-state index >= 15 is 0 Å². The summed E-state index contributed by atoms with van der Waals surface area (Å²) >= 11 is 0. The lowest BCUT2D eigenvalue weighted by atomic mass is 10.2. The molecule has 0 saturated heterocycles. The van der Waals surface area contributed by atoms with Gasteiger partial charge in [-0.25, -0.2) is 17.9 Å². The first-order valence-corrected chi connectivity index (χ1v) is 11.0. The summed E-state index contributed by atoms with van der Waals surface area (Å²) in [5, 5.41) is 7.15. The molecule has 0 radical (unpaired) electrons. The highest BCUT2D eigenvalue weighted by Crippen LogP contribution is 2.23. The van der Waals surface area contributed by atoms with Crippen LogP contribution in [0.2, 0.25) is 0 Å². The number of aryl methyl sites for hydroxylation is 1. The molecule has 1 heterocycles. The minimum Gasteiger partial charge on any atom is -0.452 e. The maximum Gasteiger partial charge on any atom is 0.339 e. The maximum atomic E-state index is 12.3. The van der Waals surface area contributed by atoms with E-state index in [2.05, 4.69) is 10.4 Å². The maximum absolute atomic E-state index is 12.3. The average Bonchev–Trinajstić information content (AvgIpc) is 3.00. The lowest BCUT2D eigenvalue weighted by Gasteiger charge is -2.09. The fourth-order valence-corrected chi connectivity index (χ4v) is 3.86. The Balaban J connectivity index is 1.71. The highest BCUT2D eigenvalue weighted by atomic mass is 32.2. The summed E-state index contributed by atoms with van der Waals surface area (Å²) in [6.07, 6.45) is 1.00. The van der Waals surface area contributed by atoms with Crippen molar-refractivity contribution in [2.24, 2.45) is 0 Å². The number of aromatic nitrogens is 2. The van der Waals surface area contributed by atoms with Gasteiger partial charge in [-0.15, -0.1) is 0 Å². The van der Waals surface area contributed by atoms with E-state index in [1.165, 1.54) is 24.3 Å². The van der Waals surface area contributed by atoms with Gasteiger partial charge in [0.15, 0.2) is 16.4 Å². The Bertz CT molecular complexity index is 1200. The minimum atomic E-state index is -3.61. The van der Waals surface area contributed by atoms with Gasteiger partial charge in [-0.3, -0.25) is 4.79 Å². The normalized spacial score (nSPS) is 11.2. The van der Waals surface area contributed by atoms with Crippen molar-refractivity contribution in [1.29, 1.82) is 0 Å². The molecule has 0 atom stereocenters. The summed E-state index contributed by atoms with van der Waals surface area (Å²) in [6, 6.07) is 15.2.